The summed E-state index contributed by atoms with van der Waals surface area (Å²) in [5.74, 6) is -1.65. The van der Waals surface area contributed by atoms with Crippen molar-refractivity contribution < 1.29 is 24.2 Å². The second-order valence-corrected chi connectivity index (χ2v) is 8.41. The van der Waals surface area contributed by atoms with Crippen LogP contribution in [0.5, 0.6) is 0 Å². The number of rotatable bonds is 10. The molecule has 35 heavy (non-hydrogen) atoms. The molecular formula is C25H27N5O5. The van der Waals surface area contributed by atoms with E-state index in [0.717, 1.165) is 11.1 Å². The Hall–Kier alpha value is -4.21. The van der Waals surface area contributed by atoms with Crippen molar-refractivity contribution >= 4 is 18.0 Å². The number of carboxylic acid groups (broad SMARTS) is 1. The monoisotopic (exact) mass is 477 g/mol. The van der Waals surface area contributed by atoms with Gasteiger partial charge in [0.05, 0.1) is 12.7 Å². The minimum absolute atomic E-state index is 0.00517. The second kappa shape index (κ2) is 10.8. The van der Waals surface area contributed by atoms with Gasteiger partial charge in [0.25, 0.3) is 0 Å². The summed E-state index contributed by atoms with van der Waals surface area (Å²) < 4.78 is 6.86. The molecule has 182 valence electrons. The summed E-state index contributed by atoms with van der Waals surface area (Å²) in [6.45, 7) is 2.90. The molecule has 3 N–H and O–H groups in total. The number of nitrogens with zero attached hydrogens (tertiary/aromatic N) is 3. The molecule has 1 unspecified atom stereocenters. The third-order valence-corrected chi connectivity index (χ3v) is 6.04. The molecule has 1 aliphatic rings. The van der Waals surface area contributed by atoms with Crippen LogP contribution in [0.1, 0.15) is 40.9 Å². The van der Waals surface area contributed by atoms with Gasteiger partial charge in [0.2, 0.25) is 5.91 Å². The van der Waals surface area contributed by atoms with Crippen molar-refractivity contribution in [3.05, 3.63) is 71.5 Å². The fraction of sp³-hybridized carbons (Fsp3) is 0.320. The van der Waals surface area contributed by atoms with Crippen molar-refractivity contribution in [3.63, 3.8) is 0 Å². The van der Waals surface area contributed by atoms with E-state index in [1.165, 1.54) is 22.0 Å². The van der Waals surface area contributed by atoms with E-state index in [1.807, 2.05) is 24.3 Å². The lowest BCUT2D eigenvalue weighted by Crippen LogP contribution is -2.34. The van der Waals surface area contributed by atoms with Crippen molar-refractivity contribution in [1.29, 1.82) is 0 Å². The lowest BCUT2D eigenvalue weighted by molar-refractivity contribution is -0.124. The number of amides is 2. The SMILES string of the molecule is CC(CCNC(=O)OCC1c2ccccc2-c2ccccc21)C(=O)NCCn1cc(C(=O)O)nn1. The van der Waals surface area contributed by atoms with Gasteiger partial charge in [-0.05, 0) is 28.7 Å². The van der Waals surface area contributed by atoms with E-state index in [1.54, 1.807) is 6.92 Å². The van der Waals surface area contributed by atoms with Crippen LogP contribution in [0.4, 0.5) is 4.79 Å². The molecule has 0 bridgehead atoms. The quantitative estimate of drug-likeness (QED) is 0.408. The van der Waals surface area contributed by atoms with Gasteiger partial charge in [-0.25, -0.2) is 14.3 Å². The maximum Gasteiger partial charge on any atom is 0.407 e. The number of carbonyl (C=O) groups is 3. The first-order chi connectivity index (χ1) is 16.9. The molecule has 0 radical (unpaired) electrons. The summed E-state index contributed by atoms with van der Waals surface area (Å²) in [5.41, 5.74) is 4.49. The van der Waals surface area contributed by atoms with Crippen LogP contribution in [-0.4, -0.2) is 57.8 Å². The summed E-state index contributed by atoms with van der Waals surface area (Å²) in [4.78, 5) is 35.3. The van der Waals surface area contributed by atoms with Crippen LogP contribution in [0.25, 0.3) is 11.1 Å². The largest absolute Gasteiger partial charge is 0.476 e. The van der Waals surface area contributed by atoms with Gasteiger partial charge in [-0.3, -0.25) is 4.79 Å². The Bertz CT molecular complexity index is 1180. The summed E-state index contributed by atoms with van der Waals surface area (Å²) in [6, 6.07) is 16.3. The zero-order valence-electron chi connectivity index (χ0n) is 19.3. The third kappa shape index (κ3) is 5.65. The van der Waals surface area contributed by atoms with Crippen LogP contribution in [0, 0.1) is 5.92 Å². The Morgan fingerprint density at radius 2 is 1.69 bits per heavy atom. The zero-order valence-corrected chi connectivity index (χ0v) is 19.3. The molecule has 1 aromatic heterocycles. The van der Waals surface area contributed by atoms with Crippen molar-refractivity contribution in [2.24, 2.45) is 5.92 Å². The van der Waals surface area contributed by atoms with Crippen molar-refractivity contribution in [2.45, 2.75) is 25.8 Å². The maximum atomic E-state index is 12.3. The first-order valence-corrected chi connectivity index (χ1v) is 11.4. The van der Waals surface area contributed by atoms with E-state index in [9.17, 15) is 14.4 Å². The molecular weight excluding hydrogens is 450 g/mol. The molecule has 2 amide bonds. The summed E-state index contributed by atoms with van der Waals surface area (Å²) in [5, 5.41) is 21.5. The van der Waals surface area contributed by atoms with E-state index in [2.05, 4.69) is 45.2 Å². The fourth-order valence-corrected chi connectivity index (χ4v) is 4.14. The Balaban J connectivity index is 1.17. The number of aromatic carboxylic acids is 1. The Labute approximate surface area is 202 Å². The molecule has 1 aliphatic carbocycles. The van der Waals surface area contributed by atoms with E-state index < -0.39 is 12.1 Å². The van der Waals surface area contributed by atoms with Gasteiger partial charge in [0.15, 0.2) is 5.69 Å². The first-order valence-electron chi connectivity index (χ1n) is 11.4. The van der Waals surface area contributed by atoms with E-state index in [0.29, 0.717) is 19.5 Å². The van der Waals surface area contributed by atoms with Gasteiger partial charge < -0.3 is 20.5 Å². The Kier molecular flexibility index (Phi) is 7.39. The third-order valence-electron chi connectivity index (χ3n) is 6.04. The Morgan fingerprint density at radius 3 is 2.31 bits per heavy atom. The van der Waals surface area contributed by atoms with Gasteiger partial charge in [-0.1, -0.05) is 60.7 Å². The number of carboxylic acids is 1. The molecule has 2 aromatic carbocycles. The van der Waals surface area contributed by atoms with Crippen LogP contribution in [0.3, 0.4) is 0 Å². The summed E-state index contributed by atoms with van der Waals surface area (Å²) in [6.07, 6.45) is 1.23. The number of alkyl carbamates (subject to hydrolysis) is 1. The average molecular weight is 478 g/mol. The highest BCUT2D eigenvalue weighted by atomic mass is 16.5. The van der Waals surface area contributed by atoms with Crippen LogP contribution in [-0.2, 0) is 16.1 Å². The molecule has 0 aliphatic heterocycles. The van der Waals surface area contributed by atoms with Crippen LogP contribution in [0.2, 0.25) is 0 Å². The fourth-order valence-electron chi connectivity index (χ4n) is 4.14. The molecule has 0 saturated carbocycles. The lowest BCUT2D eigenvalue weighted by Gasteiger charge is -2.15. The summed E-state index contributed by atoms with van der Waals surface area (Å²) in [7, 11) is 0. The predicted molar refractivity (Wildman–Crippen MR) is 127 cm³/mol. The minimum Gasteiger partial charge on any atom is -0.476 e. The van der Waals surface area contributed by atoms with Crippen LogP contribution in [0.15, 0.2) is 54.7 Å². The topological polar surface area (TPSA) is 135 Å². The van der Waals surface area contributed by atoms with Crippen molar-refractivity contribution in [2.75, 3.05) is 19.7 Å². The normalized spacial score (nSPS) is 12.9. The average Bonchev–Trinajstić information content (AvgIpc) is 3.46. The molecule has 0 fully saturated rings. The molecule has 0 saturated heterocycles. The molecule has 0 spiro atoms. The van der Waals surface area contributed by atoms with Crippen LogP contribution < -0.4 is 10.6 Å². The van der Waals surface area contributed by atoms with E-state index in [4.69, 9.17) is 9.84 Å². The first kappa shape index (κ1) is 23.9. The van der Waals surface area contributed by atoms with Gasteiger partial charge in [-0.2, -0.15) is 0 Å². The van der Waals surface area contributed by atoms with Gasteiger partial charge in [-0.15, -0.1) is 5.10 Å². The number of nitrogens with one attached hydrogen (secondary N) is 2. The molecule has 3 aromatic rings. The number of hydrogen-bond donors (Lipinski definition) is 3. The van der Waals surface area contributed by atoms with Crippen molar-refractivity contribution in [1.82, 2.24) is 25.6 Å². The minimum atomic E-state index is -1.15. The number of aromatic nitrogens is 3. The van der Waals surface area contributed by atoms with Crippen LogP contribution >= 0.6 is 0 Å². The molecule has 4 rings (SSSR count). The van der Waals surface area contributed by atoms with Gasteiger partial charge in [0.1, 0.15) is 6.61 Å². The van der Waals surface area contributed by atoms with Crippen molar-refractivity contribution in [3.8, 4) is 11.1 Å². The highest BCUT2D eigenvalue weighted by Crippen LogP contribution is 2.44. The molecule has 10 heteroatoms. The second-order valence-electron chi connectivity index (χ2n) is 8.41. The van der Waals surface area contributed by atoms with Gasteiger partial charge in [0, 0.05) is 24.9 Å². The molecule has 1 heterocycles. The predicted octanol–water partition coefficient (Wildman–Crippen LogP) is 2.66. The number of benzene rings is 2. The highest BCUT2D eigenvalue weighted by Gasteiger charge is 2.29. The van der Waals surface area contributed by atoms with Gasteiger partial charge >= 0.3 is 12.1 Å². The number of hydrogen-bond acceptors (Lipinski definition) is 6. The van der Waals surface area contributed by atoms with E-state index in [-0.39, 0.29) is 36.6 Å². The smallest absolute Gasteiger partial charge is 0.407 e. The number of ether oxygens (including phenoxy) is 1. The Morgan fingerprint density at radius 1 is 1.03 bits per heavy atom. The lowest BCUT2D eigenvalue weighted by atomic mass is 9.98. The maximum absolute atomic E-state index is 12.3. The standard InChI is InChI=1S/C25H27N5O5/c1-16(23(31)26-12-13-30-14-22(24(32)33)28-29-30)10-11-27-25(34)35-15-21-19-8-4-2-6-17(19)18-7-3-5-9-20(18)21/h2-9,14,16,21H,10-13,15H2,1H3,(H,26,31)(H,27,34)(H,32,33). The number of carbonyl (C=O) groups excluding carboxylic acids is 2. The highest BCUT2D eigenvalue weighted by molar-refractivity contribution is 5.84. The number of fused-ring (bicyclic) bond motifs is 3. The summed E-state index contributed by atoms with van der Waals surface area (Å²) >= 11 is 0. The molecule has 10 nitrogen and oxygen atoms in total. The molecule has 1 atom stereocenters. The van der Waals surface area contributed by atoms with E-state index >= 15 is 0 Å². The zero-order chi connectivity index (χ0) is 24.8.